The molecule has 19 heavy (non-hydrogen) atoms. The molecule has 0 amide bonds. The van der Waals surface area contributed by atoms with Crippen LogP contribution >= 0.6 is 0 Å². The molecule has 0 unspecified atom stereocenters. The summed E-state index contributed by atoms with van der Waals surface area (Å²) < 4.78 is 18.1. The van der Waals surface area contributed by atoms with Crippen LogP contribution in [0.2, 0.25) is 0 Å². The molecule has 0 fully saturated rings. The van der Waals surface area contributed by atoms with Crippen molar-refractivity contribution in [3.8, 4) is 11.4 Å². The Balaban J connectivity index is 2.28. The summed E-state index contributed by atoms with van der Waals surface area (Å²) in [7, 11) is 1.63. The van der Waals surface area contributed by atoms with Crippen LogP contribution < -0.4 is 5.56 Å². The maximum atomic E-state index is 13.2. The lowest BCUT2D eigenvalue weighted by Crippen LogP contribution is -2.11. The van der Waals surface area contributed by atoms with Gasteiger partial charge in [0.15, 0.2) is 0 Å². The molecule has 0 aliphatic carbocycles. The number of benzene rings is 1. The highest BCUT2D eigenvalue weighted by Gasteiger charge is 2.05. The first kappa shape index (κ1) is 13.4. The second kappa shape index (κ2) is 6.24. The number of hydrogen-bond donors (Lipinski definition) is 1. The SMILES string of the molecule is COCCCc1cc(=O)[nH]c(-c2cccc(F)c2)n1. The predicted octanol–water partition coefficient (Wildman–Crippen LogP) is 2.16. The molecule has 5 heteroatoms. The normalized spacial score (nSPS) is 10.6. The molecule has 2 aromatic rings. The Hall–Kier alpha value is -2.01. The van der Waals surface area contributed by atoms with Gasteiger partial charge in [-0.15, -0.1) is 0 Å². The minimum atomic E-state index is -0.357. The largest absolute Gasteiger partial charge is 0.385 e. The van der Waals surface area contributed by atoms with E-state index in [9.17, 15) is 9.18 Å². The molecule has 0 saturated heterocycles. The molecule has 100 valence electrons. The van der Waals surface area contributed by atoms with Gasteiger partial charge in [-0.25, -0.2) is 9.37 Å². The molecule has 1 N–H and O–H groups in total. The van der Waals surface area contributed by atoms with Crippen molar-refractivity contribution in [1.29, 1.82) is 0 Å². The van der Waals surface area contributed by atoms with Gasteiger partial charge in [0.1, 0.15) is 11.6 Å². The van der Waals surface area contributed by atoms with Crippen LogP contribution in [0.4, 0.5) is 4.39 Å². The van der Waals surface area contributed by atoms with E-state index in [1.54, 1.807) is 19.2 Å². The van der Waals surface area contributed by atoms with Gasteiger partial charge in [-0.1, -0.05) is 12.1 Å². The minimum Gasteiger partial charge on any atom is -0.385 e. The number of H-pyrrole nitrogens is 1. The molecule has 0 atom stereocenters. The van der Waals surface area contributed by atoms with Crippen LogP contribution in [0.5, 0.6) is 0 Å². The molecule has 0 saturated carbocycles. The van der Waals surface area contributed by atoms with Crippen molar-refractivity contribution in [2.75, 3.05) is 13.7 Å². The van der Waals surface area contributed by atoms with E-state index in [0.29, 0.717) is 30.1 Å². The van der Waals surface area contributed by atoms with Gasteiger partial charge in [0.25, 0.3) is 5.56 Å². The van der Waals surface area contributed by atoms with Crippen molar-refractivity contribution in [2.24, 2.45) is 0 Å². The summed E-state index contributed by atoms with van der Waals surface area (Å²) in [6.45, 7) is 0.615. The fraction of sp³-hybridized carbons (Fsp3) is 0.286. The van der Waals surface area contributed by atoms with E-state index in [2.05, 4.69) is 9.97 Å². The van der Waals surface area contributed by atoms with Crippen molar-refractivity contribution in [3.63, 3.8) is 0 Å². The number of methoxy groups -OCH3 is 1. The Bertz CT molecular complexity index is 610. The first-order valence-electron chi connectivity index (χ1n) is 6.04. The third-order valence-corrected chi connectivity index (χ3v) is 2.67. The highest BCUT2D eigenvalue weighted by molar-refractivity contribution is 5.54. The highest BCUT2D eigenvalue weighted by Crippen LogP contribution is 2.15. The second-order valence-corrected chi connectivity index (χ2v) is 4.19. The number of nitrogens with one attached hydrogen (secondary N) is 1. The van der Waals surface area contributed by atoms with E-state index in [1.807, 2.05) is 0 Å². The van der Waals surface area contributed by atoms with Gasteiger partial charge in [0, 0.05) is 31.0 Å². The number of aromatic amines is 1. The number of aryl methyl sites for hydroxylation is 1. The van der Waals surface area contributed by atoms with Crippen LogP contribution in [0.15, 0.2) is 35.1 Å². The summed E-state index contributed by atoms with van der Waals surface area (Å²) in [5, 5.41) is 0. The molecule has 1 heterocycles. The molecule has 0 bridgehead atoms. The van der Waals surface area contributed by atoms with Gasteiger partial charge in [-0.05, 0) is 25.0 Å². The predicted molar refractivity (Wildman–Crippen MR) is 70.4 cm³/mol. The van der Waals surface area contributed by atoms with Crippen molar-refractivity contribution < 1.29 is 9.13 Å². The van der Waals surface area contributed by atoms with E-state index in [4.69, 9.17) is 4.74 Å². The van der Waals surface area contributed by atoms with Gasteiger partial charge in [0.2, 0.25) is 0 Å². The van der Waals surface area contributed by atoms with Crippen molar-refractivity contribution >= 4 is 0 Å². The first-order valence-corrected chi connectivity index (χ1v) is 6.04. The summed E-state index contributed by atoms with van der Waals surface area (Å²) in [6, 6.07) is 7.45. The monoisotopic (exact) mass is 262 g/mol. The van der Waals surface area contributed by atoms with E-state index in [-0.39, 0.29) is 11.4 Å². The molecule has 0 aliphatic rings. The Labute approximate surface area is 110 Å². The third-order valence-electron chi connectivity index (χ3n) is 2.67. The maximum absolute atomic E-state index is 13.2. The standard InChI is InChI=1S/C14H15FN2O2/c1-19-7-3-6-12-9-13(18)17-14(16-12)10-4-2-5-11(15)8-10/h2,4-5,8-9H,3,6-7H2,1H3,(H,16,17,18). The Morgan fingerprint density at radius 2 is 2.21 bits per heavy atom. The molecule has 2 rings (SSSR count). The van der Waals surface area contributed by atoms with E-state index >= 15 is 0 Å². The smallest absolute Gasteiger partial charge is 0.251 e. The van der Waals surface area contributed by atoms with E-state index < -0.39 is 0 Å². The summed E-state index contributed by atoms with van der Waals surface area (Å²) in [4.78, 5) is 18.5. The van der Waals surface area contributed by atoms with E-state index in [1.165, 1.54) is 18.2 Å². The lowest BCUT2D eigenvalue weighted by atomic mass is 10.2. The summed E-state index contributed by atoms with van der Waals surface area (Å²) in [5.74, 6) is 0.0318. The Kier molecular flexibility index (Phi) is 4.41. The number of hydrogen-bond acceptors (Lipinski definition) is 3. The van der Waals surface area contributed by atoms with Crippen molar-refractivity contribution in [3.05, 3.63) is 52.2 Å². The van der Waals surface area contributed by atoms with Crippen LogP contribution in [0.1, 0.15) is 12.1 Å². The fourth-order valence-electron chi connectivity index (χ4n) is 1.81. The lowest BCUT2D eigenvalue weighted by molar-refractivity contribution is 0.195. The fourth-order valence-corrected chi connectivity index (χ4v) is 1.81. The number of nitrogens with zero attached hydrogens (tertiary/aromatic N) is 1. The quantitative estimate of drug-likeness (QED) is 0.840. The zero-order valence-electron chi connectivity index (χ0n) is 10.6. The molecule has 1 aromatic heterocycles. The minimum absolute atomic E-state index is 0.235. The van der Waals surface area contributed by atoms with Crippen molar-refractivity contribution in [2.45, 2.75) is 12.8 Å². The Morgan fingerprint density at radius 1 is 1.37 bits per heavy atom. The van der Waals surface area contributed by atoms with Crippen LogP contribution in [0.25, 0.3) is 11.4 Å². The van der Waals surface area contributed by atoms with Crippen LogP contribution in [-0.4, -0.2) is 23.7 Å². The second-order valence-electron chi connectivity index (χ2n) is 4.19. The summed E-state index contributed by atoms with van der Waals surface area (Å²) >= 11 is 0. The molecule has 1 aromatic carbocycles. The number of aromatic nitrogens is 2. The number of ether oxygens (including phenoxy) is 1. The first-order chi connectivity index (χ1) is 9.19. The third kappa shape index (κ3) is 3.72. The van der Waals surface area contributed by atoms with Crippen LogP contribution in [-0.2, 0) is 11.2 Å². The van der Waals surface area contributed by atoms with Gasteiger partial charge in [0.05, 0.1) is 0 Å². The molecular weight excluding hydrogens is 247 g/mol. The summed E-state index contributed by atoms with van der Waals surface area (Å²) in [5.41, 5.74) is 1.01. The highest BCUT2D eigenvalue weighted by atomic mass is 19.1. The number of halogens is 1. The van der Waals surface area contributed by atoms with Crippen LogP contribution in [0.3, 0.4) is 0 Å². The van der Waals surface area contributed by atoms with Gasteiger partial charge < -0.3 is 9.72 Å². The average Bonchev–Trinajstić information content (AvgIpc) is 2.38. The van der Waals surface area contributed by atoms with Crippen LogP contribution in [0, 0.1) is 5.82 Å². The van der Waals surface area contributed by atoms with Gasteiger partial charge >= 0.3 is 0 Å². The number of rotatable bonds is 5. The van der Waals surface area contributed by atoms with Gasteiger partial charge in [-0.2, -0.15) is 0 Å². The zero-order chi connectivity index (χ0) is 13.7. The Morgan fingerprint density at radius 3 is 2.95 bits per heavy atom. The summed E-state index contributed by atoms with van der Waals surface area (Å²) in [6.07, 6.45) is 1.44. The zero-order valence-corrected chi connectivity index (χ0v) is 10.6. The van der Waals surface area contributed by atoms with Crippen molar-refractivity contribution in [1.82, 2.24) is 9.97 Å². The molecule has 4 nitrogen and oxygen atoms in total. The lowest BCUT2D eigenvalue weighted by Gasteiger charge is -2.04. The van der Waals surface area contributed by atoms with E-state index in [0.717, 1.165) is 6.42 Å². The molecular formula is C14H15FN2O2. The average molecular weight is 262 g/mol. The molecule has 0 spiro atoms. The molecule has 0 aliphatic heterocycles. The topological polar surface area (TPSA) is 55.0 Å². The van der Waals surface area contributed by atoms with Gasteiger partial charge in [-0.3, -0.25) is 4.79 Å². The molecule has 0 radical (unpaired) electrons. The maximum Gasteiger partial charge on any atom is 0.251 e.